The molecule has 5 rings (SSSR count). The third kappa shape index (κ3) is 6.94. The molecule has 1 spiro atoms. The summed E-state index contributed by atoms with van der Waals surface area (Å²) in [5.74, 6) is 0.757. The Kier molecular flexibility index (Phi) is 11.4. The summed E-state index contributed by atoms with van der Waals surface area (Å²) >= 11 is 0. The third-order valence-electron chi connectivity index (χ3n) is 11.1. The number of ether oxygens (including phenoxy) is 2. The van der Waals surface area contributed by atoms with E-state index >= 15 is 4.79 Å². The molecular weight excluding hydrogens is 617 g/mol. The maximum Gasteiger partial charge on any atom is 0.264 e. The average Bonchev–Trinajstić information content (AvgIpc) is 3.48. The number of nitrogens with zero attached hydrogens (tertiary/aromatic N) is 2. The van der Waals surface area contributed by atoms with Gasteiger partial charge in [0.15, 0.2) is 5.60 Å². The van der Waals surface area contributed by atoms with Gasteiger partial charge in [0.1, 0.15) is 5.75 Å². The van der Waals surface area contributed by atoms with Gasteiger partial charge in [0.2, 0.25) is 5.91 Å². The molecule has 260 valence electrons. The zero-order chi connectivity index (χ0) is 34.6. The van der Waals surface area contributed by atoms with Crippen molar-refractivity contribution in [3.05, 3.63) is 71.3 Å². The van der Waals surface area contributed by atoms with E-state index in [2.05, 4.69) is 71.1 Å². The Hall–Kier alpha value is -3.20. The number of anilines is 2. The van der Waals surface area contributed by atoms with E-state index in [1.807, 2.05) is 34.1 Å². The fraction of sp³-hybridized carbons (Fsp3) is 0.550. The number of hydrogen-bond donors (Lipinski definition) is 1. The minimum atomic E-state index is -2.29. The highest BCUT2D eigenvalue weighted by Crippen LogP contribution is 2.60. The Bertz CT molecular complexity index is 1530. The van der Waals surface area contributed by atoms with Crippen LogP contribution in [-0.2, 0) is 19.9 Å². The maximum atomic E-state index is 15.0. The van der Waals surface area contributed by atoms with Gasteiger partial charge in [-0.05, 0) is 88.7 Å². The average molecular weight is 673 g/mol. The molecule has 1 N–H and O–H groups in total. The summed E-state index contributed by atoms with van der Waals surface area (Å²) in [5.41, 5.74) is 3.96. The van der Waals surface area contributed by atoms with Crippen LogP contribution in [-0.4, -0.2) is 57.9 Å². The summed E-state index contributed by atoms with van der Waals surface area (Å²) in [5, 5.41) is 11.6. The van der Waals surface area contributed by atoms with Gasteiger partial charge >= 0.3 is 0 Å². The third-order valence-corrected chi connectivity index (χ3v) is 15.4. The molecule has 3 aliphatic rings. The van der Waals surface area contributed by atoms with Crippen molar-refractivity contribution in [1.29, 1.82) is 0 Å². The Labute approximate surface area is 289 Å². The highest BCUT2D eigenvalue weighted by atomic mass is 28.3. The number of amides is 2. The number of methoxy groups -OCH3 is 1. The SMILES string of the molecule is COc1ccc([Si](C)(C)[C@H]2[C@H](CCO)O[C@@]3(C(=O)N(C/C=C(\C)CCC=C(C)C)c4ccc(N5CCCCCCC5=O)cc43)[C@@H]2C)cc1. The number of rotatable bonds is 11. The van der Waals surface area contributed by atoms with Crippen LogP contribution < -0.4 is 19.7 Å². The van der Waals surface area contributed by atoms with Gasteiger partial charge in [0, 0.05) is 43.3 Å². The second kappa shape index (κ2) is 15.1. The molecule has 48 heavy (non-hydrogen) atoms. The van der Waals surface area contributed by atoms with E-state index in [1.54, 1.807) is 7.11 Å². The summed E-state index contributed by atoms with van der Waals surface area (Å²) in [6, 6.07) is 14.5. The predicted molar refractivity (Wildman–Crippen MR) is 198 cm³/mol. The molecule has 2 amide bonds. The second-order valence-corrected chi connectivity index (χ2v) is 19.6. The van der Waals surface area contributed by atoms with E-state index in [0.717, 1.165) is 61.2 Å². The fourth-order valence-electron chi connectivity index (χ4n) is 8.42. The number of aliphatic hydroxyl groups excluding tert-OH is 1. The van der Waals surface area contributed by atoms with Crippen LogP contribution in [0.4, 0.5) is 11.4 Å². The molecule has 3 heterocycles. The Morgan fingerprint density at radius 3 is 2.46 bits per heavy atom. The Morgan fingerprint density at radius 1 is 1.04 bits per heavy atom. The molecule has 2 fully saturated rings. The largest absolute Gasteiger partial charge is 0.497 e. The van der Waals surface area contributed by atoms with Crippen LogP contribution in [0.3, 0.4) is 0 Å². The summed E-state index contributed by atoms with van der Waals surface area (Å²) in [4.78, 5) is 32.2. The lowest BCUT2D eigenvalue weighted by molar-refractivity contribution is -0.146. The van der Waals surface area contributed by atoms with Crippen LogP contribution in [0.1, 0.15) is 84.6 Å². The van der Waals surface area contributed by atoms with Crippen molar-refractivity contribution in [2.45, 2.75) is 109 Å². The summed E-state index contributed by atoms with van der Waals surface area (Å²) in [6.07, 6.45) is 11.1. The number of carbonyl (C=O) groups is 2. The van der Waals surface area contributed by atoms with Crippen LogP contribution in [0.15, 0.2) is 65.8 Å². The summed E-state index contributed by atoms with van der Waals surface area (Å²) < 4.78 is 12.6. The zero-order valence-electron chi connectivity index (χ0n) is 30.2. The molecule has 7 nitrogen and oxygen atoms in total. The number of fused-ring (bicyclic) bond motifs is 2. The molecule has 2 saturated heterocycles. The smallest absolute Gasteiger partial charge is 0.264 e. The molecule has 3 aliphatic heterocycles. The molecule has 0 aliphatic carbocycles. The molecule has 0 saturated carbocycles. The van der Waals surface area contributed by atoms with Crippen molar-refractivity contribution in [2.75, 3.05) is 36.6 Å². The maximum absolute atomic E-state index is 15.0. The van der Waals surface area contributed by atoms with Gasteiger partial charge in [-0.2, -0.15) is 0 Å². The monoisotopic (exact) mass is 672 g/mol. The molecule has 2 aromatic carbocycles. The van der Waals surface area contributed by atoms with E-state index < -0.39 is 13.7 Å². The van der Waals surface area contributed by atoms with Gasteiger partial charge in [-0.1, -0.05) is 73.5 Å². The number of allylic oxidation sites excluding steroid dienone is 3. The molecule has 0 radical (unpaired) electrons. The van der Waals surface area contributed by atoms with Crippen LogP contribution >= 0.6 is 0 Å². The summed E-state index contributed by atoms with van der Waals surface area (Å²) in [6.45, 7) is 14.4. The molecule has 0 bridgehead atoms. The highest BCUT2D eigenvalue weighted by molar-refractivity contribution is 6.91. The molecule has 0 unspecified atom stereocenters. The molecule has 4 atom stereocenters. The topological polar surface area (TPSA) is 79.3 Å². The fourth-order valence-corrected chi connectivity index (χ4v) is 12.5. The van der Waals surface area contributed by atoms with Crippen LogP contribution in [0, 0.1) is 5.92 Å². The van der Waals surface area contributed by atoms with E-state index in [1.165, 1.54) is 16.3 Å². The molecule has 0 aromatic heterocycles. The van der Waals surface area contributed by atoms with Crippen molar-refractivity contribution < 1.29 is 24.2 Å². The van der Waals surface area contributed by atoms with Crippen molar-refractivity contribution in [3.8, 4) is 5.75 Å². The van der Waals surface area contributed by atoms with E-state index in [4.69, 9.17) is 9.47 Å². The second-order valence-electron chi connectivity index (χ2n) is 14.9. The first-order chi connectivity index (χ1) is 22.9. The van der Waals surface area contributed by atoms with Crippen molar-refractivity contribution in [1.82, 2.24) is 0 Å². The molecule has 8 heteroatoms. The molecular formula is C40H56N2O5Si. The molecule has 2 aromatic rings. The lowest BCUT2D eigenvalue weighted by Gasteiger charge is -2.37. The first-order valence-corrected chi connectivity index (χ1v) is 21.0. The van der Waals surface area contributed by atoms with Gasteiger partial charge in [0.25, 0.3) is 5.91 Å². The Balaban J connectivity index is 1.59. The first kappa shape index (κ1) is 36.1. The predicted octanol–water partition coefficient (Wildman–Crippen LogP) is 7.63. The van der Waals surface area contributed by atoms with Crippen molar-refractivity contribution >= 4 is 36.4 Å². The number of benzene rings is 2. The minimum Gasteiger partial charge on any atom is -0.497 e. The first-order valence-electron chi connectivity index (χ1n) is 17.9. The summed E-state index contributed by atoms with van der Waals surface area (Å²) in [7, 11) is -0.610. The van der Waals surface area contributed by atoms with E-state index in [9.17, 15) is 9.90 Å². The van der Waals surface area contributed by atoms with E-state index in [-0.39, 0.29) is 36.0 Å². The van der Waals surface area contributed by atoms with Crippen LogP contribution in [0.25, 0.3) is 0 Å². The lowest BCUT2D eigenvalue weighted by Crippen LogP contribution is -2.52. The number of carbonyl (C=O) groups excluding carboxylic acids is 2. The normalized spacial score (nSPS) is 24.9. The van der Waals surface area contributed by atoms with Gasteiger partial charge in [-0.3, -0.25) is 9.59 Å². The minimum absolute atomic E-state index is 0.0161. The van der Waals surface area contributed by atoms with Gasteiger partial charge in [-0.25, -0.2) is 0 Å². The van der Waals surface area contributed by atoms with E-state index in [0.29, 0.717) is 25.9 Å². The van der Waals surface area contributed by atoms with Crippen molar-refractivity contribution in [3.63, 3.8) is 0 Å². The van der Waals surface area contributed by atoms with Crippen LogP contribution in [0.5, 0.6) is 5.75 Å². The van der Waals surface area contributed by atoms with Gasteiger partial charge in [-0.15, -0.1) is 0 Å². The van der Waals surface area contributed by atoms with Crippen LogP contribution in [0.2, 0.25) is 18.6 Å². The number of aliphatic hydroxyl groups is 1. The highest BCUT2D eigenvalue weighted by Gasteiger charge is 2.66. The standard InChI is InChI=1S/C40H56N2O5Si/c1-28(2)13-12-14-29(3)22-25-42-35-21-16-31(41-24-11-9-8-10-15-37(41)44)27-34(35)40(39(42)45)30(4)38(36(47-40)23-26-43)48(6,7)33-19-17-32(46-5)18-20-33/h13,16-22,27,30,36,38,43H,8-12,14-15,23-26H2,1-7H3/b29-22+/t30-,36+,38-,40+/m1/s1. The number of hydrogen-bond acceptors (Lipinski definition) is 5. The zero-order valence-corrected chi connectivity index (χ0v) is 31.2. The van der Waals surface area contributed by atoms with Crippen molar-refractivity contribution in [2.24, 2.45) is 5.92 Å². The van der Waals surface area contributed by atoms with Gasteiger partial charge in [0.05, 0.1) is 27.0 Å². The Morgan fingerprint density at radius 2 is 1.77 bits per heavy atom. The quantitative estimate of drug-likeness (QED) is 0.196. The van der Waals surface area contributed by atoms with Gasteiger partial charge < -0.3 is 24.4 Å². The lowest BCUT2D eigenvalue weighted by atomic mass is 9.82.